The summed E-state index contributed by atoms with van der Waals surface area (Å²) in [6.45, 7) is 0. The molecule has 4 heteroatoms. The number of halogens is 1. The summed E-state index contributed by atoms with van der Waals surface area (Å²) < 4.78 is 0. The van der Waals surface area contributed by atoms with Crippen LogP contribution in [0.1, 0.15) is 0 Å². The molecule has 0 saturated heterocycles. The molecule has 0 aromatic heterocycles. The molecule has 0 radical (unpaired) electrons. The van der Waals surface area contributed by atoms with Gasteiger partial charge in [-0.25, -0.2) is 0 Å². The fourth-order valence-corrected chi connectivity index (χ4v) is 3.36. The van der Waals surface area contributed by atoms with Crippen molar-refractivity contribution < 1.29 is 18.2 Å². The third kappa shape index (κ3) is 4.51. The van der Waals surface area contributed by atoms with E-state index < -0.39 is 0 Å². The van der Waals surface area contributed by atoms with Crippen LogP contribution in [0.15, 0.2) is 60.7 Å². The summed E-state index contributed by atoms with van der Waals surface area (Å²) in [7, 11) is 4.12. The van der Waals surface area contributed by atoms with Crippen LogP contribution >= 0.6 is 17.5 Å². The molecule has 93 valence electrons. The van der Waals surface area contributed by atoms with Gasteiger partial charge in [-0.2, -0.15) is 0 Å². The number of benzene rings is 2. The molecule has 2 aromatic rings. The Morgan fingerprint density at radius 2 is 1.18 bits per heavy atom. The molecule has 0 unspecified atom stereocenters. The maximum atomic E-state index is 5.87. The first-order valence-corrected chi connectivity index (χ1v) is 8.64. The maximum absolute atomic E-state index is 5.87. The molecule has 1 nitrogen and oxygen atoms in total. The van der Waals surface area contributed by atoms with Crippen molar-refractivity contribution in [3.05, 3.63) is 60.7 Å². The first kappa shape index (κ1) is 14.8. The predicted octanol–water partition coefficient (Wildman–Crippen LogP) is 2.72. The quantitative estimate of drug-likeness (QED) is 0.664. The van der Waals surface area contributed by atoms with Gasteiger partial charge in [0.2, 0.25) is 0 Å². The van der Waals surface area contributed by atoms with Gasteiger partial charge in [-0.05, 0) is 18.5 Å². The van der Waals surface area contributed by atoms with Gasteiger partial charge in [0, 0.05) is 6.29 Å². The molecule has 17 heavy (non-hydrogen) atoms. The van der Waals surface area contributed by atoms with Crippen molar-refractivity contribution in [3.63, 3.8) is 0 Å². The fraction of sp³-hybridized carbons (Fsp3) is 0.0769. The Morgan fingerprint density at radius 1 is 0.824 bits per heavy atom. The molecule has 2 N–H and O–H groups in total. The van der Waals surface area contributed by atoms with Gasteiger partial charge >= 0.3 is 27.7 Å². The van der Waals surface area contributed by atoms with Crippen LogP contribution in [0.5, 0.6) is 0 Å². The van der Waals surface area contributed by atoms with Crippen LogP contribution in [0.3, 0.4) is 0 Å². The van der Waals surface area contributed by atoms with Crippen molar-refractivity contribution in [2.75, 3.05) is 6.29 Å². The fourth-order valence-electron chi connectivity index (χ4n) is 1.58. The first-order chi connectivity index (χ1) is 8.42. The summed E-state index contributed by atoms with van der Waals surface area (Å²) >= 11 is 2.22. The summed E-state index contributed by atoms with van der Waals surface area (Å²) in [5.74, 6) is 0. The van der Waals surface area contributed by atoms with Crippen LogP contribution in [0, 0.1) is 0 Å². The summed E-state index contributed by atoms with van der Waals surface area (Å²) in [6.07, 6.45) is 0.712. The molecule has 0 bridgehead atoms. The van der Waals surface area contributed by atoms with E-state index in [1.165, 1.54) is 10.6 Å². The Balaban J connectivity index is 0.000000686. The van der Waals surface area contributed by atoms with Gasteiger partial charge in [0.1, 0.15) is 0 Å². The summed E-state index contributed by atoms with van der Waals surface area (Å²) in [5, 5.41) is 2.70. The van der Waals surface area contributed by atoms with Crippen molar-refractivity contribution in [3.8, 4) is 0 Å². The first-order valence-electron chi connectivity index (χ1n) is 5.11. The van der Waals surface area contributed by atoms with Crippen LogP contribution in [0.4, 0.5) is 0 Å². The minimum absolute atomic E-state index is 0.371. The SMILES string of the molecule is NCP(c1ccccc1)c1ccccc1.[Cl][Pd]. The van der Waals surface area contributed by atoms with E-state index >= 15 is 0 Å². The Kier molecular flexibility index (Phi) is 7.69. The third-order valence-corrected chi connectivity index (χ3v) is 4.53. The molecule has 2 rings (SSSR count). The van der Waals surface area contributed by atoms with Gasteiger partial charge < -0.3 is 5.73 Å². The van der Waals surface area contributed by atoms with Crippen molar-refractivity contribution in [2.24, 2.45) is 5.73 Å². The van der Waals surface area contributed by atoms with Crippen molar-refractivity contribution in [2.45, 2.75) is 0 Å². The molecule has 0 saturated carbocycles. The molecule has 0 heterocycles. The number of nitrogens with two attached hydrogens (primary N) is 1. The average Bonchev–Trinajstić information content (AvgIpc) is 2.44. The predicted molar refractivity (Wildman–Crippen MR) is 74.0 cm³/mol. The van der Waals surface area contributed by atoms with Crippen LogP contribution in [0.25, 0.3) is 0 Å². The van der Waals surface area contributed by atoms with E-state index in [0.717, 1.165) is 0 Å². The average molecular weight is 357 g/mol. The zero-order valence-electron chi connectivity index (χ0n) is 9.20. The Labute approximate surface area is 119 Å². The van der Waals surface area contributed by atoms with Crippen LogP contribution in [0.2, 0.25) is 0 Å². The zero-order valence-corrected chi connectivity index (χ0v) is 12.4. The Morgan fingerprint density at radius 3 is 1.47 bits per heavy atom. The molecular formula is C13H14ClNPPd. The van der Waals surface area contributed by atoms with E-state index in [9.17, 15) is 0 Å². The summed E-state index contributed by atoms with van der Waals surface area (Å²) in [4.78, 5) is 0. The molecule has 0 aliphatic rings. The van der Waals surface area contributed by atoms with Crippen molar-refractivity contribution in [1.29, 1.82) is 0 Å². The standard InChI is InChI=1S/C13H14NP.ClH.Pd/c14-11-15(12-7-3-1-4-8-12)13-9-5-2-6-10-13;;/h1-10H,11,14H2;1H;/q;;+1/p-1. The van der Waals surface area contributed by atoms with Crippen LogP contribution in [-0.2, 0) is 18.2 Å². The summed E-state index contributed by atoms with van der Waals surface area (Å²) in [6, 6.07) is 21.0. The van der Waals surface area contributed by atoms with Crippen molar-refractivity contribution >= 4 is 28.1 Å². The Bertz CT molecular complexity index is 371. The van der Waals surface area contributed by atoms with E-state index in [1.807, 2.05) is 12.1 Å². The van der Waals surface area contributed by atoms with E-state index in [-0.39, 0.29) is 7.92 Å². The second kappa shape index (κ2) is 8.81. The van der Waals surface area contributed by atoms with Crippen LogP contribution < -0.4 is 16.3 Å². The molecule has 0 atom stereocenters. The van der Waals surface area contributed by atoms with Gasteiger partial charge in [0.05, 0.1) is 0 Å². The molecule has 0 aliphatic carbocycles. The molecule has 0 spiro atoms. The third-order valence-electron chi connectivity index (χ3n) is 2.32. The molecule has 0 amide bonds. The van der Waals surface area contributed by atoms with Gasteiger partial charge in [-0.3, -0.25) is 0 Å². The second-order valence-corrected chi connectivity index (χ2v) is 5.54. The molecule has 2 aromatic carbocycles. The van der Waals surface area contributed by atoms with Gasteiger partial charge in [-0.1, -0.05) is 60.7 Å². The molecule has 0 fully saturated rings. The monoisotopic (exact) mass is 356 g/mol. The minimum atomic E-state index is -0.371. The normalized spacial score (nSPS) is 9.71. The number of hydrogen-bond donors (Lipinski definition) is 1. The summed E-state index contributed by atoms with van der Waals surface area (Å²) in [5.41, 5.74) is 5.87. The Hall–Kier alpha value is -0.218. The van der Waals surface area contributed by atoms with Gasteiger partial charge in [0.25, 0.3) is 0 Å². The molecule has 0 aliphatic heterocycles. The number of rotatable bonds is 3. The molecular weight excluding hydrogens is 343 g/mol. The van der Waals surface area contributed by atoms with Gasteiger partial charge in [-0.15, -0.1) is 0 Å². The van der Waals surface area contributed by atoms with Crippen LogP contribution in [-0.4, -0.2) is 6.29 Å². The van der Waals surface area contributed by atoms with E-state index in [0.29, 0.717) is 6.29 Å². The van der Waals surface area contributed by atoms with E-state index in [1.54, 1.807) is 0 Å². The number of hydrogen-bond acceptors (Lipinski definition) is 1. The topological polar surface area (TPSA) is 26.0 Å². The second-order valence-electron chi connectivity index (χ2n) is 3.28. The van der Waals surface area contributed by atoms with E-state index in [4.69, 9.17) is 5.73 Å². The zero-order chi connectivity index (χ0) is 12.5. The van der Waals surface area contributed by atoms with Crippen molar-refractivity contribution in [1.82, 2.24) is 0 Å². The van der Waals surface area contributed by atoms with E-state index in [2.05, 4.69) is 76.2 Å². The van der Waals surface area contributed by atoms with Gasteiger partial charge in [0.15, 0.2) is 0 Å².